The Kier molecular flexibility index (Phi) is 3.87. The molecule has 1 aliphatic rings. The van der Waals surface area contributed by atoms with E-state index in [0.29, 0.717) is 6.54 Å². The molecule has 0 aliphatic carbocycles. The highest BCUT2D eigenvalue weighted by atomic mass is 79.9. The Bertz CT molecular complexity index is 502. The number of rotatable bonds is 2. The fourth-order valence-corrected chi connectivity index (χ4v) is 2.71. The predicted octanol–water partition coefficient (Wildman–Crippen LogP) is 1.83. The Hall–Kier alpha value is -1.07. The summed E-state index contributed by atoms with van der Waals surface area (Å²) in [4.78, 5) is 14.0. The second-order valence-corrected chi connectivity index (χ2v) is 6.49. The van der Waals surface area contributed by atoms with E-state index in [1.54, 1.807) is 0 Å². The van der Waals surface area contributed by atoms with Crippen molar-refractivity contribution >= 4 is 27.5 Å². The number of halogens is 1. The van der Waals surface area contributed by atoms with Crippen molar-refractivity contribution in [2.24, 2.45) is 0 Å². The summed E-state index contributed by atoms with van der Waals surface area (Å²) in [5.41, 5.74) is 1.78. The molecule has 1 aliphatic heterocycles. The number of hydrogen-bond donors (Lipinski definition) is 2. The number of anilines is 1. The molecule has 19 heavy (non-hydrogen) atoms. The molecular formula is C14H19BrN2O2. The van der Waals surface area contributed by atoms with Crippen LogP contribution < -0.4 is 10.2 Å². The fourth-order valence-electron chi connectivity index (χ4n) is 2.35. The van der Waals surface area contributed by atoms with Crippen LogP contribution in [-0.2, 0) is 4.79 Å². The molecule has 1 saturated heterocycles. The van der Waals surface area contributed by atoms with E-state index in [-0.39, 0.29) is 18.1 Å². The van der Waals surface area contributed by atoms with Gasteiger partial charge in [0.25, 0.3) is 0 Å². The molecule has 104 valence electrons. The minimum Gasteiger partial charge on any atom is -0.394 e. The fraction of sp³-hybridized carbons (Fsp3) is 0.500. The van der Waals surface area contributed by atoms with Crippen molar-refractivity contribution in [3.8, 4) is 0 Å². The van der Waals surface area contributed by atoms with Crippen molar-refractivity contribution in [2.45, 2.75) is 32.4 Å². The SMILES string of the molecule is Cc1ccc(N2CC(C)(C)NC(=O)C2CO)cc1Br. The lowest BCUT2D eigenvalue weighted by Gasteiger charge is -2.44. The lowest BCUT2D eigenvalue weighted by Crippen LogP contribution is -2.66. The van der Waals surface area contributed by atoms with Crippen molar-refractivity contribution in [1.29, 1.82) is 0 Å². The molecule has 2 N–H and O–H groups in total. The molecule has 0 spiro atoms. The van der Waals surface area contributed by atoms with Crippen LogP contribution in [0.1, 0.15) is 19.4 Å². The maximum absolute atomic E-state index is 12.1. The Morgan fingerprint density at radius 3 is 2.79 bits per heavy atom. The molecule has 0 saturated carbocycles. The molecule has 1 aromatic rings. The van der Waals surface area contributed by atoms with Crippen LogP contribution in [0.5, 0.6) is 0 Å². The van der Waals surface area contributed by atoms with Gasteiger partial charge < -0.3 is 15.3 Å². The van der Waals surface area contributed by atoms with E-state index < -0.39 is 6.04 Å². The van der Waals surface area contributed by atoms with Crippen LogP contribution in [0.15, 0.2) is 22.7 Å². The van der Waals surface area contributed by atoms with Crippen LogP contribution in [0.2, 0.25) is 0 Å². The minimum atomic E-state index is -0.525. The van der Waals surface area contributed by atoms with Gasteiger partial charge in [0.2, 0.25) is 5.91 Å². The molecule has 1 amide bonds. The maximum atomic E-state index is 12.1. The first-order valence-electron chi connectivity index (χ1n) is 6.30. The summed E-state index contributed by atoms with van der Waals surface area (Å²) in [6, 6.07) is 5.46. The molecule has 0 bridgehead atoms. The number of aliphatic hydroxyl groups is 1. The zero-order valence-corrected chi connectivity index (χ0v) is 13.0. The minimum absolute atomic E-state index is 0.129. The summed E-state index contributed by atoms with van der Waals surface area (Å²) in [7, 11) is 0. The topological polar surface area (TPSA) is 52.6 Å². The summed E-state index contributed by atoms with van der Waals surface area (Å²) in [5.74, 6) is -0.129. The Morgan fingerprint density at radius 2 is 2.21 bits per heavy atom. The van der Waals surface area contributed by atoms with Crippen molar-refractivity contribution in [2.75, 3.05) is 18.1 Å². The van der Waals surface area contributed by atoms with Gasteiger partial charge in [0.1, 0.15) is 6.04 Å². The van der Waals surface area contributed by atoms with E-state index in [1.165, 1.54) is 0 Å². The molecule has 1 heterocycles. The van der Waals surface area contributed by atoms with Crippen molar-refractivity contribution in [3.63, 3.8) is 0 Å². The normalized spacial score (nSPS) is 22.3. The highest BCUT2D eigenvalue weighted by molar-refractivity contribution is 9.10. The number of carbonyl (C=O) groups excluding carboxylic acids is 1. The lowest BCUT2D eigenvalue weighted by molar-refractivity contribution is -0.126. The van der Waals surface area contributed by atoms with Gasteiger partial charge in [0.05, 0.1) is 12.1 Å². The standard InChI is InChI=1S/C14H19BrN2O2/c1-9-4-5-10(6-11(9)15)17-8-14(2,3)16-13(19)12(17)7-18/h4-6,12,18H,7-8H2,1-3H3,(H,16,19). The number of amides is 1. The van der Waals surface area contributed by atoms with Crippen LogP contribution in [-0.4, -0.2) is 35.7 Å². The van der Waals surface area contributed by atoms with Gasteiger partial charge in [-0.05, 0) is 38.5 Å². The Balaban J connectivity index is 2.38. The van der Waals surface area contributed by atoms with Gasteiger partial charge in [0, 0.05) is 16.7 Å². The zero-order chi connectivity index (χ0) is 14.2. The Morgan fingerprint density at radius 1 is 1.53 bits per heavy atom. The highest BCUT2D eigenvalue weighted by Crippen LogP contribution is 2.28. The van der Waals surface area contributed by atoms with Crippen molar-refractivity contribution in [1.82, 2.24) is 5.32 Å². The van der Waals surface area contributed by atoms with Gasteiger partial charge in [-0.15, -0.1) is 0 Å². The van der Waals surface area contributed by atoms with Crippen molar-refractivity contribution in [3.05, 3.63) is 28.2 Å². The van der Waals surface area contributed by atoms with Crippen LogP contribution in [0.4, 0.5) is 5.69 Å². The van der Waals surface area contributed by atoms with E-state index in [1.807, 2.05) is 43.9 Å². The van der Waals surface area contributed by atoms with Crippen LogP contribution in [0.25, 0.3) is 0 Å². The Labute approximate surface area is 121 Å². The van der Waals surface area contributed by atoms with E-state index in [0.717, 1.165) is 15.7 Å². The molecule has 0 aromatic heterocycles. The van der Waals surface area contributed by atoms with Gasteiger partial charge in [-0.3, -0.25) is 4.79 Å². The van der Waals surface area contributed by atoms with E-state index in [9.17, 15) is 9.90 Å². The highest BCUT2D eigenvalue weighted by Gasteiger charge is 2.38. The molecule has 1 atom stereocenters. The molecule has 4 nitrogen and oxygen atoms in total. The summed E-state index contributed by atoms with van der Waals surface area (Å²) in [6.45, 7) is 6.46. The second kappa shape index (κ2) is 5.13. The van der Waals surface area contributed by atoms with Gasteiger partial charge in [-0.25, -0.2) is 0 Å². The third-order valence-electron chi connectivity index (χ3n) is 3.37. The average Bonchev–Trinajstić information content (AvgIpc) is 2.30. The maximum Gasteiger partial charge on any atom is 0.245 e. The van der Waals surface area contributed by atoms with E-state index in [2.05, 4.69) is 21.2 Å². The number of hydrogen-bond acceptors (Lipinski definition) is 3. The number of nitrogens with one attached hydrogen (secondary N) is 1. The van der Waals surface area contributed by atoms with Crippen LogP contribution in [0, 0.1) is 6.92 Å². The van der Waals surface area contributed by atoms with E-state index in [4.69, 9.17) is 0 Å². The molecule has 1 fully saturated rings. The lowest BCUT2D eigenvalue weighted by atomic mass is 9.97. The quantitative estimate of drug-likeness (QED) is 0.871. The summed E-state index contributed by atoms with van der Waals surface area (Å²) >= 11 is 3.51. The summed E-state index contributed by atoms with van der Waals surface area (Å²) in [5, 5.41) is 12.4. The van der Waals surface area contributed by atoms with Crippen LogP contribution in [0.3, 0.4) is 0 Å². The summed E-state index contributed by atoms with van der Waals surface area (Å²) < 4.78 is 1.01. The molecule has 5 heteroatoms. The molecule has 1 unspecified atom stereocenters. The average molecular weight is 327 g/mol. The molecule has 1 aromatic carbocycles. The summed E-state index contributed by atoms with van der Waals surface area (Å²) in [6.07, 6.45) is 0. The largest absolute Gasteiger partial charge is 0.394 e. The molecule has 0 radical (unpaired) electrons. The smallest absolute Gasteiger partial charge is 0.245 e. The number of piperazine rings is 1. The van der Waals surface area contributed by atoms with Crippen LogP contribution >= 0.6 is 15.9 Å². The van der Waals surface area contributed by atoms with E-state index >= 15 is 0 Å². The third kappa shape index (κ3) is 2.92. The first-order valence-corrected chi connectivity index (χ1v) is 7.09. The predicted molar refractivity (Wildman–Crippen MR) is 79.3 cm³/mol. The van der Waals surface area contributed by atoms with Gasteiger partial charge >= 0.3 is 0 Å². The first kappa shape index (κ1) is 14.3. The van der Waals surface area contributed by atoms with Gasteiger partial charge in [0.15, 0.2) is 0 Å². The monoisotopic (exact) mass is 326 g/mol. The third-order valence-corrected chi connectivity index (χ3v) is 4.22. The van der Waals surface area contributed by atoms with Gasteiger partial charge in [-0.1, -0.05) is 22.0 Å². The number of benzene rings is 1. The zero-order valence-electron chi connectivity index (χ0n) is 11.4. The molecular weight excluding hydrogens is 308 g/mol. The number of aryl methyl sites for hydroxylation is 1. The number of nitrogens with zero attached hydrogens (tertiary/aromatic N) is 1. The second-order valence-electron chi connectivity index (χ2n) is 5.63. The molecule has 2 rings (SSSR count). The van der Waals surface area contributed by atoms with Crippen molar-refractivity contribution < 1.29 is 9.90 Å². The number of aliphatic hydroxyl groups excluding tert-OH is 1. The van der Waals surface area contributed by atoms with Gasteiger partial charge in [-0.2, -0.15) is 0 Å². The number of carbonyl (C=O) groups is 1. The first-order chi connectivity index (χ1) is 8.84.